The third-order valence-electron chi connectivity index (χ3n) is 4.34. The lowest BCUT2D eigenvalue weighted by atomic mass is 10.1. The van der Waals surface area contributed by atoms with E-state index >= 15 is 0 Å². The summed E-state index contributed by atoms with van der Waals surface area (Å²) in [6.45, 7) is 1.76. The third-order valence-corrected chi connectivity index (χ3v) is 4.71. The van der Waals surface area contributed by atoms with Crippen molar-refractivity contribution in [1.82, 2.24) is 15.5 Å². The number of hydrogen-bond acceptors (Lipinski definition) is 7. The van der Waals surface area contributed by atoms with Crippen LogP contribution in [-0.2, 0) is 24.0 Å². The third kappa shape index (κ3) is 6.68. The molecule has 0 aliphatic carbocycles. The summed E-state index contributed by atoms with van der Waals surface area (Å²) < 4.78 is 0. The number of carboxylic acids is 1. The van der Waals surface area contributed by atoms with E-state index in [2.05, 4.69) is 23.3 Å². The number of nitrogens with one attached hydrogen (secondary N) is 2. The molecule has 11 nitrogen and oxygen atoms in total. The summed E-state index contributed by atoms with van der Waals surface area (Å²) in [5, 5.41) is 14.0. The van der Waals surface area contributed by atoms with Crippen LogP contribution in [0.1, 0.15) is 32.6 Å². The number of carboxylic acid groups (broad SMARTS) is 1. The van der Waals surface area contributed by atoms with Crippen molar-refractivity contribution in [1.29, 1.82) is 0 Å². The Morgan fingerprint density at radius 3 is 2.36 bits per heavy atom. The molecule has 1 heterocycles. The number of nitrogens with zero attached hydrogens (tertiary/aromatic N) is 1. The second-order valence-corrected chi connectivity index (χ2v) is 6.99. The van der Waals surface area contributed by atoms with E-state index in [1.165, 1.54) is 11.8 Å². The number of primary amides is 1. The van der Waals surface area contributed by atoms with E-state index in [1.54, 1.807) is 0 Å². The highest BCUT2D eigenvalue weighted by Gasteiger charge is 2.38. The first-order valence-electron chi connectivity index (χ1n) is 8.87. The zero-order valence-corrected chi connectivity index (χ0v) is 16.5. The standard InChI is InChI=1S/C16H27N5O6S/c1-8(17)13(23)20-10(7-28)15(25)21-6-2-3-11(21)14(24)19-9(16(26)27)4-5-12(18)22/h8-11,28H,2-7,17H2,1H3,(H2,18,22)(H,19,24)(H,20,23)(H,26,27). The monoisotopic (exact) mass is 417 g/mol. The van der Waals surface area contributed by atoms with E-state index in [0.717, 1.165) is 0 Å². The minimum atomic E-state index is -1.30. The summed E-state index contributed by atoms with van der Waals surface area (Å²) in [7, 11) is 0. The maximum Gasteiger partial charge on any atom is 0.326 e. The molecule has 1 aliphatic rings. The molecule has 0 aromatic heterocycles. The second kappa shape index (κ2) is 10.9. The Bertz CT molecular complexity index is 629. The van der Waals surface area contributed by atoms with Crippen LogP contribution < -0.4 is 22.1 Å². The fourth-order valence-electron chi connectivity index (χ4n) is 2.80. The van der Waals surface area contributed by atoms with Crippen molar-refractivity contribution in [3.8, 4) is 0 Å². The molecule has 0 saturated carbocycles. The van der Waals surface area contributed by atoms with Crippen LogP contribution in [0.5, 0.6) is 0 Å². The quantitative estimate of drug-likeness (QED) is 0.213. The molecule has 4 atom stereocenters. The molecule has 0 radical (unpaired) electrons. The van der Waals surface area contributed by atoms with Crippen LogP contribution in [0.15, 0.2) is 0 Å². The second-order valence-electron chi connectivity index (χ2n) is 6.63. The molecule has 1 fully saturated rings. The summed E-state index contributed by atoms with van der Waals surface area (Å²) in [5.74, 6) is -3.63. The van der Waals surface area contributed by atoms with Crippen LogP contribution in [0.3, 0.4) is 0 Å². The number of nitrogens with two attached hydrogens (primary N) is 2. The van der Waals surface area contributed by atoms with Gasteiger partial charge in [0.05, 0.1) is 6.04 Å². The Morgan fingerprint density at radius 1 is 1.21 bits per heavy atom. The van der Waals surface area contributed by atoms with Gasteiger partial charge in [-0.25, -0.2) is 4.79 Å². The van der Waals surface area contributed by atoms with Crippen molar-refractivity contribution in [2.75, 3.05) is 12.3 Å². The number of rotatable bonds is 10. The number of aliphatic carboxylic acids is 1. The van der Waals surface area contributed by atoms with Gasteiger partial charge in [0.1, 0.15) is 18.1 Å². The SMILES string of the molecule is CC(N)C(=O)NC(CS)C(=O)N1CCCC1C(=O)NC(CCC(N)=O)C(=O)O. The van der Waals surface area contributed by atoms with Crippen molar-refractivity contribution in [2.45, 2.75) is 56.8 Å². The highest BCUT2D eigenvalue weighted by molar-refractivity contribution is 7.80. The number of likely N-dealkylation sites (tertiary alicyclic amines) is 1. The Labute approximate surface area is 168 Å². The zero-order chi connectivity index (χ0) is 21.4. The van der Waals surface area contributed by atoms with E-state index in [1.807, 2.05) is 0 Å². The topological polar surface area (TPSA) is 185 Å². The van der Waals surface area contributed by atoms with E-state index < -0.39 is 53.8 Å². The fourth-order valence-corrected chi connectivity index (χ4v) is 3.05. The van der Waals surface area contributed by atoms with Crippen molar-refractivity contribution in [3.63, 3.8) is 0 Å². The maximum absolute atomic E-state index is 12.7. The molecule has 12 heteroatoms. The minimum absolute atomic E-state index is 0.0124. The van der Waals surface area contributed by atoms with Crippen LogP contribution >= 0.6 is 12.6 Å². The lowest BCUT2D eigenvalue weighted by Crippen LogP contribution is -2.57. The molecule has 1 rings (SSSR count). The van der Waals surface area contributed by atoms with Crippen LogP contribution in [0.25, 0.3) is 0 Å². The number of carbonyl (C=O) groups excluding carboxylic acids is 4. The van der Waals surface area contributed by atoms with Gasteiger partial charge in [-0.15, -0.1) is 0 Å². The molecule has 1 aliphatic heterocycles. The highest BCUT2D eigenvalue weighted by atomic mass is 32.1. The van der Waals surface area contributed by atoms with Crippen LogP contribution in [0, 0.1) is 0 Å². The summed E-state index contributed by atoms with van der Waals surface area (Å²) in [6.07, 6.45) is 0.542. The lowest BCUT2D eigenvalue weighted by molar-refractivity contribution is -0.144. The zero-order valence-electron chi connectivity index (χ0n) is 15.6. The van der Waals surface area contributed by atoms with Crippen molar-refractivity contribution < 1.29 is 29.1 Å². The van der Waals surface area contributed by atoms with Crippen molar-refractivity contribution in [3.05, 3.63) is 0 Å². The molecule has 4 unspecified atom stereocenters. The van der Waals surface area contributed by atoms with Gasteiger partial charge < -0.3 is 32.1 Å². The Kier molecular flexibility index (Phi) is 9.19. The largest absolute Gasteiger partial charge is 0.480 e. The van der Waals surface area contributed by atoms with Gasteiger partial charge in [0.25, 0.3) is 0 Å². The maximum atomic E-state index is 12.7. The van der Waals surface area contributed by atoms with Gasteiger partial charge in [0.15, 0.2) is 0 Å². The molecule has 0 spiro atoms. The average Bonchev–Trinajstić information content (AvgIpc) is 3.11. The van der Waals surface area contributed by atoms with Gasteiger partial charge in [-0.3, -0.25) is 19.2 Å². The molecular formula is C16H27N5O6S. The fraction of sp³-hybridized carbons (Fsp3) is 0.688. The molecule has 0 aromatic rings. The number of amides is 4. The Balaban J connectivity index is 2.82. The molecular weight excluding hydrogens is 390 g/mol. The van der Waals surface area contributed by atoms with E-state index in [0.29, 0.717) is 12.8 Å². The Morgan fingerprint density at radius 2 is 1.86 bits per heavy atom. The molecule has 7 N–H and O–H groups in total. The summed E-state index contributed by atoms with van der Waals surface area (Å²) in [4.78, 5) is 60.5. The van der Waals surface area contributed by atoms with Crippen LogP contribution in [0.4, 0.5) is 0 Å². The predicted molar refractivity (Wildman–Crippen MR) is 102 cm³/mol. The predicted octanol–water partition coefficient (Wildman–Crippen LogP) is -2.43. The van der Waals surface area contributed by atoms with Crippen LogP contribution in [-0.4, -0.2) is 76.1 Å². The van der Waals surface area contributed by atoms with Gasteiger partial charge in [0.2, 0.25) is 23.6 Å². The summed E-state index contributed by atoms with van der Waals surface area (Å²) in [6, 6.07) is -3.94. The van der Waals surface area contributed by atoms with Gasteiger partial charge in [-0.05, 0) is 26.2 Å². The molecule has 28 heavy (non-hydrogen) atoms. The first-order valence-corrected chi connectivity index (χ1v) is 9.50. The normalized spacial score (nSPS) is 19.4. The highest BCUT2D eigenvalue weighted by Crippen LogP contribution is 2.19. The Hall–Kier alpha value is -2.34. The molecule has 0 bridgehead atoms. The van der Waals surface area contributed by atoms with E-state index in [4.69, 9.17) is 11.5 Å². The number of hydrogen-bond donors (Lipinski definition) is 6. The van der Waals surface area contributed by atoms with Gasteiger partial charge >= 0.3 is 5.97 Å². The molecule has 1 saturated heterocycles. The first-order chi connectivity index (χ1) is 13.1. The molecule has 0 aromatic carbocycles. The van der Waals surface area contributed by atoms with Crippen molar-refractivity contribution in [2.24, 2.45) is 11.5 Å². The summed E-state index contributed by atoms with van der Waals surface area (Å²) >= 11 is 4.08. The smallest absolute Gasteiger partial charge is 0.326 e. The molecule has 158 valence electrons. The van der Waals surface area contributed by atoms with E-state index in [-0.39, 0.29) is 25.1 Å². The minimum Gasteiger partial charge on any atom is -0.480 e. The van der Waals surface area contributed by atoms with Gasteiger partial charge in [-0.1, -0.05) is 0 Å². The number of thiol groups is 1. The number of carbonyl (C=O) groups is 5. The summed E-state index contributed by atoms with van der Waals surface area (Å²) in [5.41, 5.74) is 10.5. The van der Waals surface area contributed by atoms with Crippen molar-refractivity contribution >= 4 is 42.2 Å². The van der Waals surface area contributed by atoms with Crippen LogP contribution in [0.2, 0.25) is 0 Å². The van der Waals surface area contributed by atoms with E-state index in [9.17, 15) is 29.1 Å². The lowest BCUT2D eigenvalue weighted by Gasteiger charge is -2.29. The van der Waals surface area contributed by atoms with Gasteiger partial charge in [-0.2, -0.15) is 12.6 Å². The first kappa shape index (κ1) is 23.7. The average molecular weight is 417 g/mol. The molecule has 4 amide bonds. The van der Waals surface area contributed by atoms with Gasteiger partial charge in [0, 0.05) is 18.7 Å².